The number of alkyl halides is 6. The van der Waals surface area contributed by atoms with Crippen LogP contribution in [-0.4, -0.2) is 29.5 Å². The van der Waals surface area contributed by atoms with Crippen LogP contribution in [0.1, 0.15) is 11.1 Å². The van der Waals surface area contributed by atoms with Crippen molar-refractivity contribution in [2.45, 2.75) is 12.4 Å². The van der Waals surface area contributed by atoms with Crippen molar-refractivity contribution in [1.29, 1.82) is 0 Å². The van der Waals surface area contributed by atoms with E-state index in [1.807, 2.05) is 53.1 Å². The molecule has 232 valence electrons. The molecule has 4 aromatic carbocycles. The Morgan fingerprint density at radius 1 is 0.489 bits per heavy atom. The van der Waals surface area contributed by atoms with Gasteiger partial charge < -0.3 is 0 Å². The molecule has 12 heteroatoms. The SMILES string of the molecule is FC(F)(F)c1ccc(-c2nc(-c3ccc(C(F)(F)F)cc3)nc(-c3cccc(-c4nc5ccccc5n4-c4cccnc4)c3)n2)cc1. The highest BCUT2D eigenvalue weighted by Gasteiger charge is 2.31. The number of rotatable bonds is 5. The molecule has 0 amide bonds. The van der Waals surface area contributed by atoms with Crippen molar-refractivity contribution in [2.24, 2.45) is 0 Å². The summed E-state index contributed by atoms with van der Waals surface area (Å²) in [6.07, 6.45) is -5.69. The summed E-state index contributed by atoms with van der Waals surface area (Å²) in [5.74, 6) is 0.870. The number of benzene rings is 4. The Labute approximate surface area is 263 Å². The third-order valence-corrected chi connectivity index (χ3v) is 7.42. The van der Waals surface area contributed by atoms with Crippen molar-refractivity contribution in [3.8, 4) is 51.2 Å². The van der Waals surface area contributed by atoms with Crippen LogP contribution >= 0.6 is 0 Å². The van der Waals surface area contributed by atoms with E-state index >= 15 is 0 Å². The topological polar surface area (TPSA) is 69.4 Å². The zero-order valence-corrected chi connectivity index (χ0v) is 24.0. The summed E-state index contributed by atoms with van der Waals surface area (Å²) in [6, 6.07) is 27.2. The predicted octanol–water partition coefficient (Wildman–Crippen LogP) is 9.31. The maximum atomic E-state index is 13.3. The van der Waals surface area contributed by atoms with Crippen molar-refractivity contribution < 1.29 is 26.3 Å². The summed E-state index contributed by atoms with van der Waals surface area (Å²) >= 11 is 0. The second kappa shape index (κ2) is 11.5. The molecule has 0 spiro atoms. The minimum atomic E-state index is -4.54. The molecular weight excluding hydrogens is 618 g/mol. The molecule has 0 N–H and O–H groups in total. The zero-order valence-electron chi connectivity index (χ0n) is 24.0. The monoisotopic (exact) mass is 638 g/mol. The predicted molar refractivity (Wildman–Crippen MR) is 164 cm³/mol. The first kappa shape index (κ1) is 29.8. The molecule has 3 heterocycles. The summed E-state index contributed by atoms with van der Waals surface area (Å²) in [6.45, 7) is 0. The largest absolute Gasteiger partial charge is 0.416 e. The van der Waals surface area contributed by atoms with Gasteiger partial charge in [0.1, 0.15) is 5.82 Å². The molecule has 0 fully saturated rings. The molecule has 0 aliphatic carbocycles. The van der Waals surface area contributed by atoms with Crippen LogP contribution in [-0.2, 0) is 12.4 Å². The van der Waals surface area contributed by atoms with Crippen molar-refractivity contribution in [1.82, 2.24) is 29.5 Å². The summed E-state index contributed by atoms with van der Waals surface area (Å²) in [5.41, 5.74) is 2.47. The number of pyridine rings is 1. The Balaban J connectivity index is 1.38. The number of para-hydroxylation sites is 2. The van der Waals surface area contributed by atoms with E-state index in [9.17, 15) is 26.3 Å². The molecule has 0 unspecified atom stereocenters. The molecule has 0 saturated carbocycles. The summed E-state index contributed by atoms with van der Waals surface area (Å²) in [5, 5.41) is 0. The highest BCUT2D eigenvalue weighted by molar-refractivity contribution is 5.84. The molecule has 0 bridgehead atoms. The molecule has 0 aliphatic rings. The van der Waals surface area contributed by atoms with Gasteiger partial charge >= 0.3 is 12.4 Å². The number of hydrogen-bond donors (Lipinski definition) is 0. The molecule has 0 aliphatic heterocycles. The number of imidazole rings is 1. The lowest BCUT2D eigenvalue weighted by Gasteiger charge is -2.12. The number of nitrogens with zero attached hydrogens (tertiary/aromatic N) is 6. The molecule has 6 nitrogen and oxygen atoms in total. The average Bonchev–Trinajstić information content (AvgIpc) is 3.48. The van der Waals surface area contributed by atoms with E-state index in [0.29, 0.717) is 17.0 Å². The van der Waals surface area contributed by atoms with Crippen LogP contribution in [0, 0.1) is 0 Å². The Bertz CT molecular complexity index is 2130. The van der Waals surface area contributed by atoms with Gasteiger partial charge in [0.25, 0.3) is 0 Å². The highest BCUT2D eigenvalue weighted by Crippen LogP contribution is 2.34. The second-order valence-electron chi connectivity index (χ2n) is 10.5. The normalized spacial score (nSPS) is 12.0. The van der Waals surface area contributed by atoms with Gasteiger partial charge in [-0.25, -0.2) is 19.9 Å². The van der Waals surface area contributed by atoms with Gasteiger partial charge in [-0.15, -0.1) is 0 Å². The fourth-order valence-electron chi connectivity index (χ4n) is 5.14. The van der Waals surface area contributed by atoms with Crippen molar-refractivity contribution >= 4 is 11.0 Å². The van der Waals surface area contributed by atoms with Gasteiger partial charge in [0.15, 0.2) is 17.5 Å². The fraction of sp³-hybridized carbons (Fsp3) is 0.0571. The quantitative estimate of drug-likeness (QED) is 0.176. The first-order valence-corrected chi connectivity index (χ1v) is 14.1. The highest BCUT2D eigenvalue weighted by atomic mass is 19.4. The number of hydrogen-bond acceptors (Lipinski definition) is 5. The van der Waals surface area contributed by atoms with Crippen LogP contribution in [0.3, 0.4) is 0 Å². The minimum Gasteiger partial charge on any atom is -0.291 e. The van der Waals surface area contributed by atoms with E-state index in [-0.39, 0.29) is 28.6 Å². The molecule has 47 heavy (non-hydrogen) atoms. The molecule has 0 radical (unpaired) electrons. The van der Waals surface area contributed by atoms with Gasteiger partial charge in [-0.1, -0.05) is 54.6 Å². The fourth-order valence-corrected chi connectivity index (χ4v) is 5.14. The number of fused-ring (bicyclic) bond motifs is 1. The third-order valence-electron chi connectivity index (χ3n) is 7.42. The lowest BCUT2D eigenvalue weighted by molar-refractivity contribution is -0.138. The van der Waals surface area contributed by atoms with Crippen LogP contribution in [0.5, 0.6) is 0 Å². The van der Waals surface area contributed by atoms with Crippen LogP contribution in [0.4, 0.5) is 26.3 Å². The van der Waals surface area contributed by atoms with Gasteiger partial charge in [0.05, 0.1) is 34.0 Å². The second-order valence-corrected chi connectivity index (χ2v) is 10.5. The molecule has 3 aromatic heterocycles. The Kier molecular flexibility index (Phi) is 7.27. The molecule has 0 atom stereocenters. The minimum absolute atomic E-state index is 0.0478. The standard InChI is InChI=1S/C35H20F6N6/c36-34(37,38)25-14-10-21(11-15-25)30-44-31(22-12-16-26(17-13-22)35(39,40)41)46-32(45-30)23-5-3-6-24(19-23)33-43-28-8-1-2-9-29(28)47(33)27-7-4-18-42-20-27/h1-20H. The summed E-state index contributed by atoms with van der Waals surface area (Å²) in [4.78, 5) is 22.7. The first-order chi connectivity index (χ1) is 22.5. The summed E-state index contributed by atoms with van der Waals surface area (Å²) < 4.78 is 81.5. The third kappa shape index (κ3) is 5.92. The van der Waals surface area contributed by atoms with Crippen LogP contribution in [0.25, 0.3) is 62.3 Å². The maximum Gasteiger partial charge on any atom is 0.416 e. The van der Waals surface area contributed by atoms with E-state index in [2.05, 4.69) is 19.9 Å². The zero-order chi connectivity index (χ0) is 32.8. The van der Waals surface area contributed by atoms with Gasteiger partial charge in [0, 0.05) is 28.5 Å². The molecular formula is C35H20F6N6. The Morgan fingerprint density at radius 2 is 1.04 bits per heavy atom. The van der Waals surface area contributed by atoms with Gasteiger partial charge in [-0.3, -0.25) is 9.55 Å². The van der Waals surface area contributed by atoms with E-state index in [0.717, 1.165) is 41.0 Å². The van der Waals surface area contributed by atoms with E-state index < -0.39 is 23.5 Å². The molecule has 7 aromatic rings. The lowest BCUT2D eigenvalue weighted by atomic mass is 10.1. The van der Waals surface area contributed by atoms with Crippen LogP contribution < -0.4 is 0 Å². The van der Waals surface area contributed by atoms with Crippen molar-refractivity contribution in [3.63, 3.8) is 0 Å². The Hall–Kier alpha value is -5.91. The van der Waals surface area contributed by atoms with E-state index in [4.69, 9.17) is 4.98 Å². The van der Waals surface area contributed by atoms with Gasteiger partial charge in [-0.2, -0.15) is 26.3 Å². The molecule has 0 saturated heterocycles. The number of halogens is 6. The molecule has 7 rings (SSSR count). The summed E-state index contributed by atoms with van der Waals surface area (Å²) in [7, 11) is 0. The van der Waals surface area contributed by atoms with Crippen LogP contribution in [0.15, 0.2) is 122 Å². The smallest absolute Gasteiger partial charge is 0.291 e. The number of aromatic nitrogens is 6. The van der Waals surface area contributed by atoms with E-state index in [1.165, 1.54) is 24.3 Å². The van der Waals surface area contributed by atoms with Crippen molar-refractivity contribution in [2.75, 3.05) is 0 Å². The van der Waals surface area contributed by atoms with Crippen LogP contribution in [0.2, 0.25) is 0 Å². The van der Waals surface area contributed by atoms with Crippen molar-refractivity contribution in [3.05, 3.63) is 133 Å². The average molecular weight is 639 g/mol. The van der Waals surface area contributed by atoms with Gasteiger partial charge in [0.2, 0.25) is 0 Å². The lowest BCUT2D eigenvalue weighted by Crippen LogP contribution is -2.05. The Morgan fingerprint density at radius 3 is 1.60 bits per heavy atom. The van der Waals surface area contributed by atoms with E-state index in [1.54, 1.807) is 24.5 Å². The maximum absolute atomic E-state index is 13.3. The first-order valence-electron chi connectivity index (χ1n) is 14.1. The van der Waals surface area contributed by atoms with Gasteiger partial charge in [-0.05, 0) is 54.6 Å².